The number of halogens is 1. The standard InChI is InChI=1S/C17H24ClN3/c1-10-15(18)19-9-20-16(10)21-11(2)17-6-12-3-13(7-17)5-14(4-12)8-17/h9,11-14H,3-8H2,1-2H3,(H,19,20,21). The van der Waals surface area contributed by atoms with E-state index in [1.54, 1.807) is 6.33 Å². The zero-order chi connectivity index (χ0) is 14.6. The molecule has 114 valence electrons. The first-order valence-electron chi connectivity index (χ1n) is 8.29. The van der Waals surface area contributed by atoms with Crippen molar-refractivity contribution in [1.82, 2.24) is 9.97 Å². The van der Waals surface area contributed by atoms with Gasteiger partial charge in [-0.15, -0.1) is 0 Å². The molecule has 4 aliphatic rings. The molecule has 4 aliphatic carbocycles. The van der Waals surface area contributed by atoms with E-state index in [-0.39, 0.29) is 0 Å². The molecule has 0 radical (unpaired) electrons. The lowest BCUT2D eigenvalue weighted by molar-refractivity contribution is -0.0603. The van der Waals surface area contributed by atoms with E-state index in [4.69, 9.17) is 11.6 Å². The van der Waals surface area contributed by atoms with Gasteiger partial charge in [0.15, 0.2) is 0 Å². The molecule has 0 spiro atoms. The minimum absolute atomic E-state index is 0.468. The second-order valence-corrected chi connectivity index (χ2v) is 8.14. The molecule has 4 saturated carbocycles. The monoisotopic (exact) mass is 305 g/mol. The van der Waals surface area contributed by atoms with E-state index < -0.39 is 0 Å². The first kappa shape index (κ1) is 13.8. The van der Waals surface area contributed by atoms with Crippen LogP contribution in [0.5, 0.6) is 0 Å². The normalized spacial score (nSPS) is 38.5. The Morgan fingerprint density at radius 2 is 1.71 bits per heavy atom. The van der Waals surface area contributed by atoms with Gasteiger partial charge in [0.25, 0.3) is 0 Å². The highest BCUT2D eigenvalue weighted by molar-refractivity contribution is 6.30. The van der Waals surface area contributed by atoms with Gasteiger partial charge in [-0.1, -0.05) is 11.6 Å². The third-order valence-electron chi connectivity index (χ3n) is 6.38. The Kier molecular flexibility index (Phi) is 3.18. The lowest BCUT2D eigenvalue weighted by atomic mass is 9.48. The van der Waals surface area contributed by atoms with Gasteiger partial charge in [0.2, 0.25) is 0 Å². The Labute approximate surface area is 131 Å². The predicted molar refractivity (Wildman–Crippen MR) is 85.5 cm³/mol. The fraction of sp³-hybridized carbons (Fsp3) is 0.765. The topological polar surface area (TPSA) is 37.8 Å². The smallest absolute Gasteiger partial charge is 0.137 e. The Bertz CT molecular complexity index is 522. The van der Waals surface area contributed by atoms with Crippen molar-refractivity contribution in [3.05, 3.63) is 17.0 Å². The van der Waals surface area contributed by atoms with Crippen LogP contribution in [0.3, 0.4) is 0 Å². The summed E-state index contributed by atoms with van der Waals surface area (Å²) in [5.41, 5.74) is 1.45. The molecule has 4 fully saturated rings. The van der Waals surface area contributed by atoms with Gasteiger partial charge in [-0.2, -0.15) is 0 Å². The molecule has 0 aromatic carbocycles. The third kappa shape index (κ3) is 2.25. The predicted octanol–water partition coefficient (Wildman–Crippen LogP) is 4.46. The number of anilines is 1. The van der Waals surface area contributed by atoms with Crippen LogP contribution in [0.15, 0.2) is 6.33 Å². The van der Waals surface area contributed by atoms with Gasteiger partial charge in [0.05, 0.1) is 0 Å². The Balaban J connectivity index is 1.57. The molecule has 4 bridgehead atoms. The van der Waals surface area contributed by atoms with Gasteiger partial charge in [-0.3, -0.25) is 0 Å². The zero-order valence-corrected chi connectivity index (χ0v) is 13.7. The van der Waals surface area contributed by atoms with Gasteiger partial charge in [0.1, 0.15) is 17.3 Å². The Morgan fingerprint density at radius 3 is 2.29 bits per heavy atom. The van der Waals surface area contributed by atoms with Crippen LogP contribution in [0.25, 0.3) is 0 Å². The summed E-state index contributed by atoms with van der Waals surface area (Å²) in [6, 6.07) is 0.468. The van der Waals surface area contributed by atoms with Crippen molar-refractivity contribution in [2.45, 2.75) is 58.4 Å². The maximum atomic E-state index is 6.13. The molecular weight excluding hydrogens is 282 g/mol. The minimum atomic E-state index is 0.468. The lowest BCUT2D eigenvalue weighted by Gasteiger charge is -2.59. The fourth-order valence-electron chi connectivity index (χ4n) is 5.64. The third-order valence-corrected chi connectivity index (χ3v) is 6.76. The molecule has 1 N–H and O–H groups in total. The molecule has 1 heterocycles. The SMILES string of the molecule is Cc1c(Cl)ncnc1NC(C)C12CC3CC(CC(C3)C1)C2. The molecule has 0 amide bonds. The van der Waals surface area contributed by atoms with Crippen LogP contribution >= 0.6 is 11.6 Å². The summed E-state index contributed by atoms with van der Waals surface area (Å²) in [6.07, 6.45) is 10.3. The maximum absolute atomic E-state index is 6.13. The van der Waals surface area contributed by atoms with Crippen molar-refractivity contribution >= 4 is 17.4 Å². The minimum Gasteiger partial charge on any atom is -0.367 e. The summed E-state index contributed by atoms with van der Waals surface area (Å²) >= 11 is 6.13. The summed E-state index contributed by atoms with van der Waals surface area (Å²) in [7, 11) is 0. The fourth-order valence-corrected chi connectivity index (χ4v) is 5.77. The van der Waals surface area contributed by atoms with Crippen molar-refractivity contribution in [2.24, 2.45) is 23.2 Å². The summed E-state index contributed by atoms with van der Waals surface area (Å²) in [5, 5.41) is 4.23. The summed E-state index contributed by atoms with van der Waals surface area (Å²) in [4.78, 5) is 8.45. The molecule has 3 nitrogen and oxygen atoms in total. The first-order chi connectivity index (χ1) is 10.1. The second-order valence-electron chi connectivity index (χ2n) is 7.78. The van der Waals surface area contributed by atoms with E-state index in [9.17, 15) is 0 Å². The van der Waals surface area contributed by atoms with Gasteiger partial charge in [-0.05, 0) is 75.5 Å². The molecule has 21 heavy (non-hydrogen) atoms. The number of nitrogens with zero attached hydrogens (tertiary/aromatic N) is 2. The highest BCUT2D eigenvalue weighted by Crippen LogP contribution is 2.61. The van der Waals surface area contributed by atoms with Crippen LogP contribution in [0.1, 0.15) is 51.0 Å². The van der Waals surface area contributed by atoms with Crippen LogP contribution in [0, 0.1) is 30.1 Å². The van der Waals surface area contributed by atoms with E-state index in [1.165, 1.54) is 38.5 Å². The second kappa shape index (κ2) is 4.84. The van der Waals surface area contributed by atoms with E-state index in [0.717, 1.165) is 29.1 Å². The molecule has 0 saturated heterocycles. The van der Waals surface area contributed by atoms with Crippen LogP contribution in [0.4, 0.5) is 5.82 Å². The van der Waals surface area contributed by atoms with E-state index >= 15 is 0 Å². The van der Waals surface area contributed by atoms with Crippen molar-refractivity contribution in [3.63, 3.8) is 0 Å². The zero-order valence-electron chi connectivity index (χ0n) is 12.9. The summed E-state index contributed by atoms with van der Waals surface area (Å²) < 4.78 is 0. The number of rotatable bonds is 3. The molecule has 5 rings (SSSR count). The molecule has 1 aromatic heterocycles. The average Bonchev–Trinajstić information content (AvgIpc) is 2.42. The molecule has 1 unspecified atom stereocenters. The van der Waals surface area contributed by atoms with Gasteiger partial charge >= 0.3 is 0 Å². The maximum Gasteiger partial charge on any atom is 0.137 e. The van der Waals surface area contributed by atoms with Gasteiger partial charge < -0.3 is 5.32 Å². The summed E-state index contributed by atoms with van der Waals surface area (Å²) in [6.45, 7) is 4.35. The number of hydrogen-bond donors (Lipinski definition) is 1. The lowest BCUT2D eigenvalue weighted by Crippen LogP contribution is -2.53. The largest absolute Gasteiger partial charge is 0.367 e. The van der Waals surface area contributed by atoms with E-state index in [2.05, 4.69) is 22.2 Å². The summed E-state index contributed by atoms with van der Waals surface area (Å²) in [5.74, 6) is 3.86. The molecule has 1 aromatic rings. The highest BCUT2D eigenvalue weighted by atomic mass is 35.5. The molecule has 1 atom stereocenters. The van der Waals surface area contributed by atoms with E-state index in [0.29, 0.717) is 16.6 Å². The number of hydrogen-bond acceptors (Lipinski definition) is 3. The molecular formula is C17H24ClN3. The van der Waals surface area contributed by atoms with Crippen LogP contribution in [0.2, 0.25) is 5.15 Å². The average molecular weight is 306 g/mol. The van der Waals surface area contributed by atoms with Crippen molar-refractivity contribution in [2.75, 3.05) is 5.32 Å². The van der Waals surface area contributed by atoms with Crippen molar-refractivity contribution < 1.29 is 0 Å². The van der Waals surface area contributed by atoms with Crippen LogP contribution in [-0.4, -0.2) is 16.0 Å². The van der Waals surface area contributed by atoms with Gasteiger partial charge in [-0.25, -0.2) is 9.97 Å². The van der Waals surface area contributed by atoms with Crippen LogP contribution in [-0.2, 0) is 0 Å². The molecule has 0 aliphatic heterocycles. The van der Waals surface area contributed by atoms with E-state index in [1.807, 2.05) is 6.92 Å². The molecule has 4 heteroatoms. The highest BCUT2D eigenvalue weighted by Gasteiger charge is 2.53. The van der Waals surface area contributed by atoms with Gasteiger partial charge in [0, 0.05) is 11.6 Å². The number of nitrogens with one attached hydrogen (secondary N) is 1. The van der Waals surface area contributed by atoms with Crippen molar-refractivity contribution in [1.29, 1.82) is 0 Å². The number of aromatic nitrogens is 2. The quantitative estimate of drug-likeness (QED) is 0.838. The first-order valence-corrected chi connectivity index (χ1v) is 8.67. The Morgan fingerprint density at radius 1 is 1.14 bits per heavy atom. The van der Waals surface area contributed by atoms with Crippen molar-refractivity contribution in [3.8, 4) is 0 Å². The Hall–Kier alpha value is -0.830. The van der Waals surface area contributed by atoms with Crippen LogP contribution < -0.4 is 5.32 Å².